The number of aromatic amines is 2. The molecule has 12 heteroatoms. The van der Waals surface area contributed by atoms with E-state index in [0.29, 0.717) is 50.6 Å². The molecule has 6 heterocycles. The van der Waals surface area contributed by atoms with Gasteiger partial charge in [-0.25, -0.2) is 9.37 Å². The Morgan fingerprint density at radius 2 is 1.92 bits per heavy atom. The second-order valence-electron chi connectivity index (χ2n) is 8.51. The van der Waals surface area contributed by atoms with Gasteiger partial charge < -0.3 is 10.3 Å². The lowest BCUT2D eigenvalue weighted by Gasteiger charge is -2.07. The Balaban J connectivity index is 1.45. The summed E-state index contributed by atoms with van der Waals surface area (Å²) in [5.74, 6) is -0.451. The third kappa shape index (κ3) is 4.00. The molecule has 0 aromatic carbocycles. The molecule has 3 N–H and O–H groups in total. The van der Waals surface area contributed by atoms with Crippen molar-refractivity contribution in [2.75, 3.05) is 5.32 Å². The van der Waals surface area contributed by atoms with Crippen LogP contribution in [0.3, 0.4) is 0 Å². The van der Waals surface area contributed by atoms with E-state index in [1.54, 1.807) is 31.3 Å². The maximum atomic E-state index is 16.0. The van der Waals surface area contributed by atoms with Gasteiger partial charge in [-0.1, -0.05) is 6.92 Å². The van der Waals surface area contributed by atoms with E-state index in [2.05, 4.69) is 35.5 Å². The number of rotatable bonds is 6. The van der Waals surface area contributed by atoms with Gasteiger partial charge >= 0.3 is 0 Å². The molecule has 0 bridgehead atoms. The van der Waals surface area contributed by atoms with Crippen molar-refractivity contribution in [1.29, 1.82) is 0 Å². The smallest absolute Gasteiger partial charge is 0.224 e. The molecule has 6 rings (SSSR count). The first-order valence-corrected chi connectivity index (χ1v) is 12.5. The standard InChI is InChI=1S/C26H19FN8O2S/c1-3-19(37)31-14-8-13(9-28-10-14)22-21(27)20-16(11-30-22)34-35-25(20)26-32-15-6-7-29-24(23(15)33-26)18-5-4-17(38-18)12(2)36/h4-11H,3H2,1-2H3,(H,31,37)(H,32,33)(H,34,35). The highest BCUT2D eigenvalue weighted by Crippen LogP contribution is 2.35. The van der Waals surface area contributed by atoms with Gasteiger partial charge in [0.25, 0.3) is 0 Å². The predicted molar refractivity (Wildman–Crippen MR) is 142 cm³/mol. The Kier molecular flexibility index (Phi) is 5.72. The number of ketones is 1. The average Bonchev–Trinajstić information content (AvgIpc) is 3.67. The van der Waals surface area contributed by atoms with Crippen molar-refractivity contribution in [2.45, 2.75) is 20.3 Å². The highest BCUT2D eigenvalue weighted by molar-refractivity contribution is 7.17. The molecule has 38 heavy (non-hydrogen) atoms. The van der Waals surface area contributed by atoms with Crippen LogP contribution >= 0.6 is 11.3 Å². The summed E-state index contributed by atoms with van der Waals surface area (Å²) in [5, 5.41) is 10.1. The first-order valence-electron chi connectivity index (χ1n) is 11.7. The van der Waals surface area contributed by atoms with Crippen LogP contribution in [-0.4, -0.2) is 46.8 Å². The van der Waals surface area contributed by atoms with Gasteiger partial charge in [0.2, 0.25) is 5.91 Å². The van der Waals surface area contributed by atoms with Gasteiger partial charge in [-0.3, -0.25) is 29.6 Å². The zero-order valence-electron chi connectivity index (χ0n) is 20.2. The third-order valence-electron chi connectivity index (χ3n) is 5.97. The molecule has 0 atom stereocenters. The number of fused-ring (bicyclic) bond motifs is 2. The molecule has 188 valence electrons. The van der Waals surface area contributed by atoms with E-state index in [0.717, 1.165) is 4.88 Å². The number of halogens is 1. The van der Waals surface area contributed by atoms with Gasteiger partial charge in [-0.05, 0) is 31.2 Å². The van der Waals surface area contributed by atoms with Crippen LogP contribution in [0.25, 0.3) is 55.3 Å². The van der Waals surface area contributed by atoms with E-state index in [1.165, 1.54) is 36.9 Å². The Labute approximate surface area is 218 Å². The number of carbonyl (C=O) groups is 2. The molecule has 0 fully saturated rings. The highest BCUT2D eigenvalue weighted by atomic mass is 32.1. The molecule has 0 aliphatic heterocycles. The monoisotopic (exact) mass is 526 g/mol. The molecule has 6 aromatic heterocycles. The summed E-state index contributed by atoms with van der Waals surface area (Å²) in [6.07, 6.45) is 6.42. The van der Waals surface area contributed by atoms with Crippen molar-refractivity contribution in [1.82, 2.24) is 35.1 Å². The van der Waals surface area contributed by atoms with E-state index in [4.69, 9.17) is 4.98 Å². The summed E-state index contributed by atoms with van der Waals surface area (Å²) < 4.78 is 16.0. The maximum absolute atomic E-state index is 16.0. The minimum Gasteiger partial charge on any atom is -0.336 e. The second kappa shape index (κ2) is 9.23. The fraction of sp³-hybridized carbons (Fsp3) is 0.115. The Bertz CT molecular complexity index is 1870. The minimum absolute atomic E-state index is 0.0208. The Morgan fingerprint density at radius 1 is 1.05 bits per heavy atom. The Morgan fingerprint density at radius 3 is 2.71 bits per heavy atom. The first-order chi connectivity index (χ1) is 18.4. The molecule has 0 saturated heterocycles. The lowest BCUT2D eigenvalue weighted by molar-refractivity contribution is -0.115. The molecule has 0 saturated carbocycles. The van der Waals surface area contributed by atoms with E-state index in [9.17, 15) is 9.59 Å². The van der Waals surface area contributed by atoms with Gasteiger partial charge in [0, 0.05) is 24.4 Å². The average molecular weight is 527 g/mol. The Hall–Kier alpha value is -4.84. The molecule has 0 aliphatic rings. The fourth-order valence-electron chi connectivity index (χ4n) is 4.12. The van der Waals surface area contributed by atoms with Gasteiger partial charge in [-0.2, -0.15) is 5.10 Å². The molecule has 0 spiro atoms. The predicted octanol–water partition coefficient (Wildman–Crippen LogP) is 5.38. The number of anilines is 1. The van der Waals surface area contributed by atoms with Crippen molar-refractivity contribution in [2.24, 2.45) is 0 Å². The normalized spacial score (nSPS) is 11.3. The van der Waals surface area contributed by atoms with Crippen molar-refractivity contribution < 1.29 is 14.0 Å². The highest BCUT2D eigenvalue weighted by Gasteiger charge is 2.22. The number of H-pyrrole nitrogens is 2. The largest absolute Gasteiger partial charge is 0.336 e. The molecule has 0 unspecified atom stereocenters. The zero-order valence-corrected chi connectivity index (χ0v) is 21.0. The van der Waals surface area contributed by atoms with Gasteiger partial charge in [0.05, 0.1) is 44.3 Å². The van der Waals surface area contributed by atoms with Crippen molar-refractivity contribution in [3.8, 4) is 33.3 Å². The number of aromatic nitrogens is 7. The summed E-state index contributed by atoms with van der Waals surface area (Å²) in [7, 11) is 0. The van der Waals surface area contributed by atoms with Crippen molar-refractivity contribution >= 4 is 50.7 Å². The molecule has 0 radical (unpaired) electrons. The van der Waals surface area contributed by atoms with Crippen LogP contribution in [0.5, 0.6) is 0 Å². The molecular weight excluding hydrogens is 507 g/mol. The number of thiophene rings is 1. The number of nitrogens with zero attached hydrogens (tertiary/aromatic N) is 5. The lowest BCUT2D eigenvalue weighted by Crippen LogP contribution is -2.09. The van der Waals surface area contributed by atoms with Crippen LogP contribution in [0, 0.1) is 5.82 Å². The topological polar surface area (TPSA) is 142 Å². The minimum atomic E-state index is -0.602. The zero-order chi connectivity index (χ0) is 26.4. The number of imidazole rings is 1. The molecule has 10 nitrogen and oxygen atoms in total. The number of amides is 1. The van der Waals surface area contributed by atoms with Crippen LogP contribution in [0.4, 0.5) is 10.1 Å². The van der Waals surface area contributed by atoms with Crippen LogP contribution in [0.2, 0.25) is 0 Å². The summed E-state index contributed by atoms with van der Waals surface area (Å²) >= 11 is 1.34. The molecule has 1 amide bonds. The van der Waals surface area contributed by atoms with Crippen LogP contribution in [0.15, 0.2) is 49.1 Å². The van der Waals surface area contributed by atoms with E-state index >= 15 is 4.39 Å². The van der Waals surface area contributed by atoms with Gasteiger partial charge in [0.1, 0.15) is 22.6 Å². The third-order valence-corrected chi connectivity index (χ3v) is 7.17. The van der Waals surface area contributed by atoms with Crippen molar-refractivity contribution in [3.05, 3.63) is 59.7 Å². The number of pyridine rings is 3. The number of hydrogen-bond donors (Lipinski definition) is 3. The van der Waals surface area contributed by atoms with Gasteiger partial charge in [-0.15, -0.1) is 11.3 Å². The van der Waals surface area contributed by atoms with Gasteiger partial charge in [0.15, 0.2) is 17.4 Å². The summed E-state index contributed by atoms with van der Waals surface area (Å²) in [4.78, 5) is 45.8. The van der Waals surface area contributed by atoms with Crippen LogP contribution in [0.1, 0.15) is 29.9 Å². The fourth-order valence-corrected chi connectivity index (χ4v) is 5.02. The second-order valence-corrected chi connectivity index (χ2v) is 9.59. The summed E-state index contributed by atoms with van der Waals surface area (Å²) in [6, 6.07) is 6.99. The van der Waals surface area contributed by atoms with Crippen molar-refractivity contribution in [3.63, 3.8) is 0 Å². The molecular formula is C26H19FN8O2S. The van der Waals surface area contributed by atoms with E-state index < -0.39 is 5.82 Å². The quantitative estimate of drug-likeness (QED) is 0.247. The van der Waals surface area contributed by atoms with E-state index in [1.807, 2.05) is 6.07 Å². The first kappa shape index (κ1) is 23.6. The molecule has 0 aliphatic carbocycles. The summed E-state index contributed by atoms with van der Waals surface area (Å²) in [5.41, 5.74) is 3.47. The number of carbonyl (C=O) groups excluding carboxylic acids is 2. The van der Waals surface area contributed by atoms with Crippen LogP contribution < -0.4 is 5.32 Å². The number of hydrogen-bond acceptors (Lipinski definition) is 8. The maximum Gasteiger partial charge on any atom is 0.224 e. The lowest BCUT2D eigenvalue weighted by atomic mass is 10.1. The molecule has 6 aromatic rings. The SMILES string of the molecule is CCC(=O)Nc1cncc(-c2ncc3[nH]nc(-c4nc5c(-c6ccc(C(C)=O)s6)nccc5[nH]4)c3c2F)c1. The van der Waals surface area contributed by atoms with Crippen LogP contribution in [-0.2, 0) is 4.79 Å². The number of nitrogens with one attached hydrogen (secondary N) is 3. The van der Waals surface area contributed by atoms with E-state index in [-0.39, 0.29) is 28.5 Å². The number of Topliss-reactive ketones (excluding diaryl/α,β-unsaturated/α-hetero) is 1. The summed E-state index contributed by atoms with van der Waals surface area (Å²) in [6.45, 7) is 3.26.